The summed E-state index contributed by atoms with van der Waals surface area (Å²) in [4.78, 5) is 21.9. The Kier molecular flexibility index (Phi) is 3.70. The molecule has 2 aromatic rings. The second-order valence-corrected chi connectivity index (χ2v) is 4.15. The maximum atomic E-state index is 13.6. The number of aromatic hydroxyl groups is 1. The highest BCUT2D eigenvalue weighted by Crippen LogP contribution is 2.28. The minimum Gasteiger partial charge on any atom is -0.506 e. The number of nitrogens with zero attached hydrogens (tertiary/aromatic N) is 1. The minimum atomic E-state index is -0.858. The van der Waals surface area contributed by atoms with Crippen molar-refractivity contribution in [3.63, 3.8) is 0 Å². The van der Waals surface area contributed by atoms with Crippen molar-refractivity contribution in [3.8, 4) is 5.75 Å². The van der Waals surface area contributed by atoms with E-state index in [1.165, 1.54) is 12.1 Å². The first-order chi connectivity index (χ1) is 9.88. The Hall–Kier alpha value is -3.16. The van der Waals surface area contributed by atoms with Gasteiger partial charge in [-0.05, 0) is 24.3 Å². The molecular formula is C13H10FN3O4. The maximum absolute atomic E-state index is 13.6. The maximum Gasteiger partial charge on any atom is 0.271 e. The van der Waals surface area contributed by atoms with Crippen LogP contribution in [0.25, 0.3) is 0 Å². The Bertz CT molecular complexity index is 733. The van der Waals surface area contributed by atoms with Crippen LogP contribution < -0.4 is 11.1 Å². The molecule has 2 aromatic carbocycles. The van der Waals surface area contributed by atoms with E-state index in [1.807, 2.05) is 0 Å². The second-order valence-electron chi connectivity index (χ2n) is 4.15. The highest BCUT2D eigenvalue weighted by Gasteiger charge is 2.16. The summed E-state index contributed by atoms with van der Waals surface area (Å²) in [6, 6.07) is 6.60. The number of nitrogens with two attached hydrogens (primary N) is 1. The van der Waals surface area contributed by atoms with E-state index >= 15 is 0 Å². The Morgan fingerprint density at radius 2 is 2.00 bits per heavy atom. The molecule has 1 amide bonds. The van der Waals surface area contributed by atoms with Gasteiger partial charge in [0.25, 0.3) is 11.6 Å². The molecule has 0 radical (unpaired) electrons. The van der Waals surface area contributed by atoms with Crippen molar-refractivity contribution in [1.82, 2.24) is 0 Å². The Morgan fingerprint density at radius 1 is 1.29 bits per heavy atom. The van der Waals surface area contributed by atoms with Gasteiger partial charge in [-0.2, -0.15) is 0 Å². The van der Waals surface area contributed by atoms with Crippen LogP contribution >= 0.6 is 0 Å². The number of hydrogen-bond donors (Lipinski definition) is 3. The summed E-state index contributed by atoms with van der Waals surface area (Å²) in [5.41, 5.74) is 4.72. The summed E-state index contributed by atoms with van der Waals surface area (Å²) in [6.45, 7) is 0. The van der Waals surface area contributed by atoms with Crippen LogP contribution in [0.3, 0.4) is 0 Å². The molecule has 0 heterocycles. The number of nitro groups is 1. The molecule has 21 heavy (non-hydrogen) atoms. The van der Waals surface area contributed by atoms with Crippen LogP contribution in [-0.4, -0.2) is 15.9 Å². The van der Waals surface area contributed by atoms with Crippen molar-refractivity contribution in [2.45, 2.75) is 0 Å². The number of carbonyl (C=O) groups excluding carboxylic acids is 1. The standard InChI is InChI=1S/C13H10FN3O4/c14-10-5-7(15)1-3-9(10)13(19)16-11-6-8(17(20)21)2-4-12(11)18/h1-6,18H,15H2,(H,16,19). The largest absolute Gasteiger partial charge is 0.506 e. The van der Waals surface area contributed by atoms with Crippen molar-refractivity contribution < 1.29 is 19.2 Å². The van der Waals surface area contributed by atoms with Crippen LogP contribution in [-0.2, 0) is 0 Å². The van der Waals surface area contributed by atoms with E-state index < -0.39 is 16.6 Å². The van der Waals surface area contributed by atoms with E-state index in [9.17, 15) is 24.4 Å². The molecule has 0 aliphatic carbocycles. The zero-order chi connectivity index (χ0) is 15.6. The molecule has 0 spiro atoms. The molecule has 0 aliphatic rings. The number of non-ortho nitro benzene ring substituents is 1. The quantitative estimate of drug-likeness (QED) is 0.347. The molecule has 0 aromatic heterocycles. The van der Waals surface area contributed by atoms with E-state index in [0.29, 0.717) is 0 Å². The first-order valence-corrected chi connectivity index (χ1v) is 5.72. The number of anilines is 2. The fourth-order valence-electron chi connectivity index (χ4n) is 1.64. The number of phenols is 1. The van der Waals surface area contributed by atoms with Crippen molar-refractivity contribution in [2.75, 3.05) is 11.1 Å². The van der Waals surface area contributed by atoms with Gasteiger partial charge in [0.2, 0.25) is 0 Å². The zero-order valence-electron chi connectivity index (χ0n) is 10.5. The molecule has 8 heteroatoms. The summed E-state index contributed by atoms with van der Waals surface area (Å²) >= 11 is 0. The van der Waals surface area contributed by atoms with Gasteiger partial charge in [0.05, 0.1) is 16.2 Å². The fraction of sp³-hybridized carbons (Fsp3) is 0. The number of nitrogen functional groups attached to an aromatic ring is 1. The molecule has 108 valence electrons. The Morgan fingerprint density at radius 3 is 2.62 bits per heavy atom. The monoisotopic (exact) mass is 291 g/mol. The molecule has 7 nitrogen and oxygen atoms in total. The SMILES string of the molecule is Nc1ccc(C(=O)Nc2cc([N+](=O)[O-])ccc2O)c(F)c1. The number of nitro benzene ring substituents is 1. The van der Waals surface area contributed by atoms with Gasteiger partial charge in [-0.3, -0.25) is 14.9 Å². The predicted molar refractivity (Wildman–Crippen MR) is 73.5 cm³/mol. The summed E-state index contributed by atoms with van der Waals surface area (Å²) in [5.74, 6) is -2.06. The van der Waals surface area contributed by atoms with Gasteiger partial charge in [-0.15, -0.1) is 0 Å². The molecular weight excluding hydrogens is 281 g/mol. The van der Waals surface area contributed by atoms with Crippen molar-refractivity contribution in [2.24, 2.45) is 0 Å². The lowest BCUT2D eigenvalue weighted by Gasteiger charge is -2.08. The number of nitrogens with one attached hydrogen (secondary N) is 1. The molecule has 0 fully saturated rings. The smallest absolute Gasteiger partial charge is 0.271 e. The predicted octanol–water partition coefficient (Wildman–Crippen LogP) is 2.27. The number of benzene rings is 2. The zero-order valence-corrected chi connectivity index (χ0v) is 10.5. The molecule has 0 unspecified atom stereocenters. The van der Waals surface area contributed by atoms with Crippen LogP contribution in [0.2, 0.25) is 0 Å². The Labute approximate surface area is 118 Å². The average molecular weight is 291 g/mol. The van der Waals surface area contributed by atoms with Crippen molar-refractivity contribution >= 4 is 23.0 Å². The number of carbonyl (C=O) groups is 1. The van der Waals surface area contributed by atoms with Gasteiger partial charge >= 0.3 is 0 Å². The summed E-state index contributed by atoms with van der Waals surface area (Å²) in [5, 5.41) is 22.4. The third-order valence-corrected chi connectivity index (χ3v) is 2.68. The molecule has 0 aliphatic heterocycles. The number of amides is 1. The minimum absolute atomic E-state index is 0.155. The molecule has 0 bridgehead atoms. The van der Waals surface area contributed by atoms with Crippen LogP contribution in [0.15, 0.2) is 36.4 Å². The van der Waals surface area contributed by atoms with Crippen molar-refractivity contribution in [3.05, 3.63) is 57.9 Å². The lowest BCUT2D eigenvalue weighted by atomic mass is 10.1. The van der Waals surface area contributed by atoms with Gasteiger partial charge in [0.15, 0.2) is 0 Å². The van der Waals surface area contributed by atoms with Crippen molar-refractivity contribution in [1.29, 1.82) is 0 Å². The fourth-order valence-corrected chi connectivity index (χ4v) is 1.64. The number of phenolic OH excluding ortho intramolecular Hbond substituents is 1. The topological polar surface area (TPSA) is 118 Å². The van der Waals surface area contributed by atoms with Gasteiger partial charge in [0.1, 0.15) is 11.6 Å². The van der Waals surface area contributed by atoms with E-state index in [0.717, 1.165) is 24.3 Å². The van der Waals surface area contributed by atoms with Gasteiger partial charge in [0, 0.05) is 17.8 Å². The number of halogens is 1. The summed E-state index contributed by atoms with van der Waals surface area (Å²) in [6.07, 6.45) is 0. The van der Waals surface area contributed by atoms with Crippen LogP contribution in [0.1, 0.15) is 10.4 Å². The number of rotatable bonds is 3. The van der Waals surface area contributed by atoms with E-state index in [1.54, 1.807) is 0 Å². The van der Waals surface area contributed by atoms with Crippen LogP contribution in [0.5, 0.6) is 5.75 Å². The van der Waals surface area contributed by atoms with Gasteiger partial charge in [-0.25, -0.2) is 4.39 Å². The van der Waals surface area contributed by atoms with Gasteiger partial charge < -0.3 is 16.2 Å². The Balaban J connectivity index is 2.31. The highest BCUT2D eigenvalue weighted by atomic mass is 19.1. The average Bonchev–Trinajstić information content (AvgIpc) is 2.40. The molecule has 4 N–H and O–H groups in total. The highest BCUT2D eigenvalue weighted by molar-refractivity contribution is 6.05. The first kappa shape index (κ1) is 14.3. The molecule has 0 atom stereocenters. The van der Waals surface area contributed by atoms with Gasteiger partial charge in [-0.1, -0.05) is 0 Å². The molecule has 2 rings (SSSR count). The molecule has 0 saturated heterocycles. The van der Waals surface area contributed by atoms with E-state index in [-0.39, 0.29) is 28.4 Å². The first-order valence-electron chi connectivity index (χ1n) is 5.72. The third kappa shape index (κ3) is 3.06. The lowest BCUT2D eigenvalue weighted by molar-refractivity contribution is -0.384. The normalized spacial score (nSPS) is 10.1. The van der Waals surface area contributed by atoms with E-state index in [4.69, 9.17) is 5.73 Å². The molecule has 0 saturated carbocycles. The number of hydrogen-bond acceptors (Lipinski definition) is 5. The van der Waals surface area contributed by atoms with Crippen LogP contribution in [0, 0.1) is 15.9 Å². The lowest BCUT2D eigenvalue weighted by Crippen LogP contribution is -2.14. The van der Waals surface area contributed by atoms with Crippen LogP contribution in [0.4, 0.5) is 21.5 Å². The third-order valence-electron chi connectivity index (χ3n) is 2.68. The summed E-state index contributed by atoms with van der Waals surface area (Å²) < 4.78 is 13.6. The second kappa shape index (κ2) is 5.45. The summed E-state index contributed by atoms with van der Waals surface area (Å²) in [7, 11) is 0. The van der Waals surface area contributed by atoms with E-state index in [2.05, 4.69) is 5.32 Å².